The molecule has 13 rings (SSSR count). The number of ether oxygens (including phenoxy) is 17. The van der Waals surface area contributed by atoms with Crippen molar-refractivity contribution in [2.24, 2.45) is 50.2 Å². The Hall–Kier alpha value is -3.50. The molecule has 5 aliphatic carbocycles. The number of rotatable bonds is 20. The van der Waals surface area contributed by atoms with E-state index in [1.54, 1.807) is 6.92 Å². The van der Waals surface area contributed by atoms with Gasteiger partial charge in [0, 0.05) is 6.92 Å². The van der Waals surface area contributed by atoms with Crippen molar-refractivity contribution in [3.05, 3.63) is 11.6 Å². The molecule has 46 unspecified atom stereocenters. The van der Waals surface area contributed by atoms with Gasteiger partial charge in [0.05, 0.1) is 61.7 Å². The minimum atomic E-state index is -2.23. The summed E-state index contributed by atoms with van der Waals surface area (Å²) in [5.74, 6) is -4.56. The third kappa shape index (κ3) is 16.4. The van der Waals surface area contributed by atoms with Gasteiger partial charge in [0.1, 0.15) is 147 Å². The van der Waals surface area contributed by atoms with E-state index in [0.717, 1.165) is 18.8 Å². The van der Waals surface area contributed by atoms with Gasteiger partial charge >= 0.3 is 17.9 Å². The Labute approximate surface area is 673 Å². The van der Waals surface area contributed by atoms with Gasteiger partial charge in [-0.15, -0.1) is 0 Å². The fourth-order valence-electron chi connectivity index (χ4n) is 21.6. The highest BCUT2D eigenvalue weighted by atomic mass is 16.8. The number of allylic oxidation sites excluding steroid dienone is 2. The van der Waals surface area contributed by atoms with Gasteiger partial charge in [0.25, 0.3) is 0 Å². The van der Waals surface area contributed by atoms with E-state index in [4.69, 9.17) is 80.5 Å². The first-order valence-electron chi connectivity index (χ1n) is 40.6. The summed E-state index contributed by atoms with van der Waals surface area (Å²) in [5.41, 5.74) is -3.96. The van der Waals surface area contributed by atoms with E-state index in [-0.39, 0.29) is 24.2 Å². The average molecular weight is 1690 g/mol. The number of carbonyl (C=O) groups excluding carboxylic acids is 3. The molecule has 8 saturated heterocycles. The molecule has 0 aromatic rings. The number of carbonyl (C=O) groups is 4. The van der Waals surface area contributed by atoms with Crippen LogP contribution < -0.4 is 0 Å². The SMILES string of the molecule is CC(=O)OC1C(OC2OC(C)C(O)C(O)C2O)C(C)OC(OC(=O)C23CCC(C)(C)CC2C2=CCC4C5(C)CCC(OC6OC(C(=O)O)C(O)C(OC7OCC(O)C(O)C7O)C6OC6OC(CO)C(O)C(O)C6O)C(C)(C=O)C5CCC4(C)C2(C)CC3)C1OC1OC(C)C(OC2OCC(O)C(OC3OCC(O)C(O)C3O)C2O)C(O)C1O. The molecule has 668 valence electrons. The zero-order valence-electron chi connectivity index (χ0n) is 66.8. The number of carboxylic acids is 1. The van der Waals surface area contributed by atoms with Gasteiger partial charge in [-0.1, -0.05) is 53.2 Å². The lowest BCUT2D eigenvalue weighted by atomic mass is 9.33. The van der Waals surface area contributed by atoms with Crippen LogP contribution in [0.3, 0.4) is 0 Å². The number of hydrogen-bond acceptors (Lipinski definition) is 39. The van der Waals surface area contributed by atoms with Gasteiger partial charge in [-0.05, 0) is 124 Å². The van der Waals surface area contributed by atoms with E-state index >= 15 is 4.79 Å². The zero-order valence-corrected chi connectivity index (χ0v) is 66.8. The Bertz CT molecular complexity index is 3490. The molecule has 46 atom stereocenters. The van der Waals surface area contributed by atoms with Gasteiger partial charge in [-0.2, -0.15) is 0 Å². The second-order valence-corrected chi connectivity index (χ2v) is 36.4. The van der Waals surface area contributed by atoms with Crippen molar-refractivity contribution >= 4 is 24.2 Å². The molecule has 12 fully saturated rings. The normalized spacial score (nSPS) is 53.9. The van der Waals surface area contributed by atoms with Crippen LogP contribution in [-0.2, 0) is 99.7 Å². The van der Waals surface area contributed by atoms with Gasteiger partial charge in [-0.25, -0.2) is 4.79 Å². The predicted molar refractivity (Wildman–Crippen MR) is 382 cm³/mol. The highest BCUT2D eigenvalue weighted by Crippen LogP contribution is 2.76. The molecule has 0 aromatic heterocycles. The van der Waals surface area contributed by atoms with E-state index in [2.05, 4.69) is 40.7 Å². The van der Waals surface area contributed by atoms with E-state index < -0.39 is 317 Å². The van der Waals surface area contributed by atoms with Gasteiger partial charge in [0.2, 0.25) is 6.29 Å². The van der Waals surface area contributed by atoms with Gasteiger partial charge < -0.3 is 182 Å². The maximum absolute atomic E-state index is 16.3. The molecule has 0 bridgehead atoms. The van der Waals surface area contributed by atoms with E-state index in [9.17, 15) is 111 Å². The van der Waals surface area contributed by atoms with Crippen molar-refractivity contribution in [2.75, 3.05) is 26.4 Å². The van der Waals surface area contributed by atoms with Crippen molar-refractivity contribution in [1.29, 1.82) is 0 Å². The van der Waals surface area contributed by atoms with E-state index in [0.29, 0.717) is 51.4 Å². The first-order chi connectivity index (χ1) is 54.9. The number of hydrogen-bond donors (Lipinski definition) is 19. The Kier molecular flexibility index (Phi) is 27.1. The quantitative estimate of drug-likeness (QED) is 0.0234. The molecule has 40 heteroatoms. The maximum atomic E-state index is 16.3. The Morgan fingerprint density at radius 1 is 0.453 bits per heavy atom. The molecular weight excluding hydrogens is 1560 g/mol. The first-order valence-corrected chi connectivity index (χ1v) is 40.6. The number of aldehydes is 1. The van der Waals surface area contributed by atoms with E-state index in [1.165, 1.54) is 20.8 Å². The zero-order chi connectivity index (χ0) is 85.3. The molecule has 13 aliphatic rings. The van der Waals surface area contributed by atoms with Crippen LogP contribution in [0.15, 0.2) is 11.6 Å². The Morgan fingerprint density at radius 2 is 0.957 bits per heavy atom. The number of aliphatic hydroxyl groups is 18. The van der Waals surface area contributed by atoms with Crippen LogP contribution in [0, 0.1) is 50.2 Å². The van der Waals surface area contributed by atoms with Crippen molar-refractivity contribution in [3.63, 3.8) is 0 Å². The number of aliphatic carboxylic acids is 1. The highest BCUT2D eigenvalue weighted by Gasteiger charge is 2.72. The molecule has 0 amide bonds. The summed E-state index contributed by atoms with van der Waals surface area (Å²) >= 11 is 0. The standard InChI is InChI=1S/C77H120O40/c1-27-40(84)44(88)49(93)66(104-27)111-55-29(3)106-69(61(59(55)107-30(4)80)116-67-51(95)46(90)54(28(2)105-67)110-65-53(97)56(35(83)25-103-65)112-63-47(91)41(85)33(81)23-101-63)117-71(100)77-19-17-72(5,6)21-32(77)31-11-12-38-73(7)15-14-39(74(8,26-79)37(73)13-16-76(38,10)75(31,9)18-20-77)109-70-60(115-68-50(94)45(89)43(87)36(22-78)108-68)57(52(96)58(114-70)62(98)99)113-64-48(92)42(86)34(82)24-102-64/h11,26-29,32-61,63-70,78,81-97H,12-25H2,1-10H3,(H,98,99). The highest BCUT2D eigenvalue weighted by molar-refractivity contribution is 5.79. The fourth-order valence-corrected chi connectivity index (χ4v) is 21.6. The average Bonchev–Trinajstić information content (AvgIpc) is 0.673. The lowest BCUT2D eigenvalue weighted by Crippen LogP contribution is -2.69. The Balaban J connectivity index is 0.774. The summed E-state index contributed by atoms with van der Waals surface area (Å²) in [6.07, 6.45) is -60.4. The summed E-state index contributed by atoms with van der Waals surface area (Å²) in [5, 5.41) is 208. The van der Waals surface area contributed by atoms with Crippen LogP contribution in [0.25, 0.3) is 0 Å². The monoisotopic (exact) mass is 1680 g/mol. The number of carboxylic acid groups (broad SMARTS) is 1. The van der Waals surface area contributed by atoms with Crippen LogP contribution in [0.4, 0.5) is 0 Å². The number of aliphatic hydroxyl groups excluding tert-OH is 18. The molecule has 8 aliphatic heterocycles. The van der Waals surface area contributed by atoms with Gasteiger partial charge in [-0.3, -0.25) is 9.59 Å². The van der Waals surface area contributed by atoms with Crippen LogP contribution in [-0.4, -0.2) is 381 Å². The summed E-state index contributed by atoms with van der Waals surface area (Å²) in [7, 11) is 0. The molecule has 40 nitrogen and oxygen atoms in total. The third-order valence-corrected chi connectivity index (χ3v) is 28.8. The minimum Gasteiger partial charge on any atom is -0.479 e. The Morgan fingerprint density at radius 3 is 1.56 bits per heavy atom. The van der Waals surface area contributed by atoms with Crippen molar-refractivity contribution in [1.82, 2.24) is 0 Å². The summed E-state index contributed by atoms with van der Waals surface area (Å²) in [6.45, 7) is 15.4. The topological polar surface area (TPSA) is 610 Å². The smallest absolute Gasteiger partial charge is 0.335 e. The van der Waals surface area contributed by atoms with Crippen molar-refractivity contribution in [3.8, 4) is 0 Å². The lowest BCUT2D eigenvalue weighted by molar-refractivity contribution is -0.391. The molecule has 0 spiro atoms. The fraction of sp³-hybridized carbons (Fsp3) is 0.922. The maximum Gasteiger partial charge on any atom is 0.335 e. The van der Waals surface area contributed by atoms with Crippen LogP contribution in [0.5, 0.6) is 0 Å². The number of fused-ring (bicyclic) bond motifs is 7. The molecule has 4 saturated carbocycles. The van der Waals surface area contributed by atoms with Crippen molar-refractivity contribution in [2.45, 2.75) is 367 Å². The van der Waals surface area contributed by atoms with Crippen LogP contribution in [0.1, 0.15) is 133 Å². The molecular formula is C77H120O40. The molecule has 0 radical (unpaired) electrons. The second kappa shape index (κ2) is 34.8. The molecule has 0 aromatic carbocycles. The van der Waals surface area contributed by atoms with Gasteiger partial charge in [0.15, 0.2) is 62.3 Å². The largest absolute Gasteiger partial charge is 0.479 e. The minimum absolute atomic E-state index is 0.110. The lowest BCUT2D eigenvalue weighted by Gasteiger charge is -2.71. The predicted octanol–water partition coefficient (Wildman–Crippen LogP) is -5.90. The number of esters is 2. The van der Waals surface area contributed by atoms with Crippen LogP contribution >= 0.6 is 0 Å². The summed E-state index contributed by atoms with van der Waals surface area (Å²) in [6, 6.07) is 0. The molecule has 8 heterocycles. The van der Waals surface area contributed by atoms with Crippen LogP contribution in [0.2, 0.25) is 0 Å². The first kappa shape index (κ1) is 91.2. The van der Waals surface area contributed by atoms with Crippen molar-refractivity contribution < 1.29 is 197 Å². The molecule has 117 heavy (non-hydrogen) atoms. The third-order valence-electron chi connectivity index (χ3n) is 28.8. The molecule has 19 N–H and O–H groups in total. The summed E-state index contributed by atoms with van der Waals surface area (Å²) < 4.78 is 104. The van der Waals surface area contributed by atoms with E-state index in [1.807, 2.05) is 0 Å². The summed E-state index contributed by atoms with van der Waals surface area (Å²) in [4.78, 5) is 57.3. The second-order valence-electron chi connectivity index (χ2n) is 36.4.